The first kappa shape index (κ1) is 13.7. The van der Waals surface area contributed by atoms with Gasteiger partial charge >= 0.3 is 11.8 Å². The van der Waals surface area contributed by atoms with Crippen molar-refractivity contribution in [2.75, 3.05) is 6.26 Å². The van der Waals surface area contributed by atoms with Crippen LogP contribution in [0.2, 0.25) is 0 Å². The summed E-state index contributed by atoms with van der Waals surface area (Å²) in [5.41, 5.74) is -0.286. The Morgan fingerprint density at radius 3 is 2.21 bits per heavy atom. The van der Waals surface area contributed by atoms with E-state index in [0.29, 0.717) is 5.56 Å². The van der Waals surface area contributed by atoms with Gasteiger partial charge in [-0.15, -0.1) is 11.8 Å². The van der Waals surface area contributed by atoms with Crippen LogP contribution in [0, 0.1) is 0 Å². The minimum Gasteiger partial charge on any atom is -0.418 e. The molecule has 1 aromatic carbocycles. The summed E-state index contributed by atoms with van der Waals surface area (Å²) >= 11 is 1.52. The summed E-state index contributed by atoms with van der Waals surface area (Å²) in [6.45, 7) is 0. The minimum absolute atomic E-state index is 0.191. The first-order valence-corrected chi connectivity index (χ1v) is 6.49. The molecule has 6 heteroatoms. The number of hydrogen-bond donors (Lipinski definition) is 0. The van der Waals surface area contributed by atoms with Crippen LogP contribution in [-0.2, 0) is 6.18 Å². The average Bonchev–Trinajstić information content (AvgIpc) is 2.37. The summed E-state index contributed by atoms with van der Waals surface area (Å²) in [7, 11) is 0. The van der Waals surface area contributed by atoms with Crippen LogP contribution in [0.3, 0.4) is 0 Å². The monoisotopic (exact) mass is 286 g/mol. The average molecular weight is 286 g/mol. The second-order valence-electron chi connectivity index (χ2n) is 3.76. The standard InChI is InChI=1S/C13H9F3O2S/c1-19-10-4-2-8(3-5-10)9-6-11(13(14,15)16)18-12(17)7-9/h2-7H,1H3. The van der Waals surface area contributed by atoms with Crippen molar-refractivity contribution >= 4 is 11.8 Å². The fourth-order valence-corrected chi connectivity index (χ4v) is 1.98. The van der Waals surface area contributed by atoms with Crippen LogP contribution in [0.15, 0.2) is 50.5 Å². The van der Waals surface area contributed by atoms with Gasteiger partial charge in [0, 0.05) is 11.0 Å². The fraction of sp³-hybridized carbons (Fsp3) is 0.154. The SMILES string of the molecule is CSc1ccc(-c2cc(C(F)(F)F)oc(=O)c2)cc1. The van der Waals surface area contributed by atoms with Crippen molar-refractivity contribution in [2.24, 2.45) is 0 Å². The molecule has 0 aliphatic heterocycles. The third-order valence-electron chi connectivity index (χ3n) is 2.47. The van der Waals surface area contributed by atoms with Gasteiger partial charge in [0.1, 0.15) is 0 Å². The lowest BCUT2D eigenvalue weighted by atomic mass is 10.1. The zero-order chi connectivity index (χ0) is 14.0. The molecule has 0 N–H and O–H groups in total. The Morgan fingerprint density at radius 1 is 1.05 bits per heavy atom. The third-order valence-corrected chi connectivity index (χ3v) is 3.22. The van der Waals surface area contributed by atoms with E-state index in [9.17, 15) is 18.0 Å². The number of rotatable bonds is 2. The maximum absolute atomic E-state index is 12.5. The van der Waals surface area contributed by atoms with E-state index in [1.165, 1.54) is 11.8 Å². The van der Waals surface area contributed by atoms with E-state index in [2.05, 4.69) is 4.42 Å². The lowest BCUT2D eigenvalue weighted by Crippen LogP contribution is -2.10. The van der Waals surface area contributed by atoms with Crippen LogP contribution < -0.4 is 5.63 Å². The maximum atomic E-state index is 12.5. The van der Waals surface area contributed by atoms with Crippen molar-refractivity contribution in [2.45, 2.75) is 11.1 Å². The fourth-order valence-electron chi connectivity index (χ4n) is 1.57. The number of alkyl halides is 3. The van der Waals surface area contributed by atoms with E-state index < -0.39 is 17.6 Å². The van der Waals surface area contributed by atoms with Crippen LogP contribution in [0.25, 0.3) is 11.1 Å². The molecule has 0 amide bonds. The van der Waals surface area contributed by atoms with Gasteiger partial charge in [0.2, 0.25) is 5.76 Å². The molecule has 0 radical (unpaired) electrons. The van der Waals surface area contributed by atoms with Crippen LogP contribution in [0.4, 0.5) is 13.2 Å². The summed E-state index contributed by atoms with van der Waals surface area (Å²) in [5.74, 6) is -1.29. The number of benzene rings is 1. The Bertz CT molecular complexity index is 630. The van der Waals surface area contributed by atoms with Crippen LogP contribution in [-0.4, -0.2) is 6.26 Å². The number of hydrogen-bond acceptors (Lipinski definition) is 3. The molecule has 0 unspecified atom stereocenters. The van der Waals surface area contributed by atoms with Gasteiger partial charge in [0.15, 0.2) is 0 Å². The topological polar surface area (TPSA) is 30.2 Å². The molecular formula is C13H9F3O2S. The molecule has 0 aliphatic carbocycles. The molecule has 0 fully saturated rings. The lowest BCUT2D eigenvalue weighted by Gasteiger charge is -2.07. The predicted molar refractivity (Wildman–Crippen MR) is 67.2 cm³/mol. The Morgan fingerprint density at radius 2 is 1.68 bits per heavy atom. The number of thioether (sulfide) groups is 1. The van der Waals surface area contributed by atoms with E-state index >= 15 is 0 Å². The lowest BCUT2D eigenvalue weighted by molar-refractivity contribution is -0.154. The highest BCUT2D eigenvalue weighted by molar-refractivity contribution is 7.98. The largest absolute Gasteiger partial charge is 0.449 e. The Balaban J connectivity index is 2.49. The van der Waals surface area contributed by atoms with Gasteiger partial charge in [-0.1, -0.05) is 12.1 Å². The molecule has 0 aliphatic rings. The molecule has 2 rings (SSSR count). The smallest absolute Gasteiger partial charge is 0.418 e. The van der Waals surface area contributed by atoms with Gasteiger partial charge in [0.25, 0.3) is 0 Å². The van der Waals surface area contributed by atoms with E-state index in [0.717, 1.165) is 17.0 Å². The first-order chi connectivity index (χ1) is 8.90. The second kappa shape index (κ2) is 5.13. The zero-order valence-corrected chi connectivity index (χ0v) is 10.6. The van der Waals surface area contributed by atoms with Crippen molar-refractivity contribution in [3.8, 4) is 11.1 Å². The van der Waals surface area contributed by atoms with Crippen molar-refractivity contribution < 1.29 is 17.6 Å². The highest BCUT2D eigenvalue weighted by Gasteiger charge is 2.34. The van der Waals surface area contributed by atoms with Crippen LogP contribution >= 0.6 is 11.8 Å². The van der Waals surface area contributed by atoms with Gasteiger partial charge < -0.3 is 4.42 Å². The Hall–Kier alpha value is -1.69. The molecule has 2 nitrogen and oxygen atoms in total. The van der Waals surface area contributed by atoms with E-state index in [1.54, 1.807) is 24.3 Å². The quantitative estimate of drug-likeness (QED) is 0.780. The van der Waals surface area contributed by atoms with Crippen LogP contribution in [0.1, 0.15) is 5.76 Å². The minimum atomic E-state index is -4.67. The Kier molecular flexibility index (Phi) is 3.71. The molecule has 1 aromatic heterocycles. The summed E-state index contributed by atoms with van der Waals surface area (Å²) < 4.78 is 41.8. The molecule has 0 bridgehead atoms. The molecule has 0 atom stereocenters. The summed E-state index contributed by atoms with van der Waals surface area (Å²) in [6.07, 6.45) is -2.78. The molecule has 0 saturated carbocycles. The van der Waals surface area contributed by atoms with E-state index in [1.807, 2.05) is 6.26 Å². The van der Waals surface area contributed by atoms with E-state index in [4.69, 9.17) is 0 Å². The molecule has 100 valence electrons. The van der Waals surface area contributed by atoms with Gasteiger partial charge in [-0.05, 0) is 35.6 Å². The molecule has 0 saturated heterocycles. The maximum Gasteiger partial charge on any atom is 0.449 e. The normalized spacial score (nSPS) is 11.6. The van der Waals surface area contributed by atoms with Crippen LogP contribution in [0.5, 0.6) is 0 Å². The molecule has 2 aromatic rings. The molecule has 0 spiro atoms. The van der Waals surface area contributed by atoms with Gasteiger partial charge in [-0.25, -0.2) is 4.79 Å². The predicted octanol–water partition coefficient (Wildman–Crippen LogP) is 4.05. The second-order valence-corrected chi connectivity index (χ2v) is 4.64. The summed E-state index contributed by atoms with van der Waals surface area (Å²) in [4.78, 5) is 12.2. The van der Waals surface area contributed by atoms with Gasteiger partial charge in [-0.2, -0.15) is 13.2 Å². The Labute approximate surface area is 111 Å². The molecule has 1 heterocycles. The van der Waals surface area contributed by atoms with E-state index in [-0.39, 0.29) is 5.56 Å². The number of halogens is 3. The highest BCUT2D eigenvalue weighted by Crippen LogP contribution is 2.31. The van der Waals surface area contributed by atoms with Gasteiger partial charge in [0.05, 0.1) is 0 Å². The summed E-state index contributed by atoms with van der Waals surface area (Å²) in [6, 6.07) is 8.77. The summed E-state index contributed by atoms with van der Waals surface area (Å²) in [5, 5.41) is 0. The molecule has 19 heavy (non-hydrogen) atoms. The molecular weight excluding hydrogens is 277 g/mol. The first-order valence-electron chi connectivity index (χ1n) is 5.27. The van der Waals surface area contributed by atoms with Gasteiger partial charge in [-0.3, -0.25) is 0 Å². The third kappa shape index (κ3) is 3.20. The zero-order valence-electron chi connectivity index (χ0n) is 9.82. The highest BCUT2D eigenvalue weighted by atomic mass is 32.2. The van der Waals surface area contributed by atoms with Crippen molar-refractivity contribution in [1.82, 2.24) is 0 Å². The van der Waals surface area contributed by atoms with Crippen molar-refractivity contribution in [3.63, 3.8) is 0 Å². The van der Waals surface area contributed by atoms with Crippen molar-refractivity contribution in [3.05, 3.63) is 52.6 Å². The van der Waals surface area contributed by atoms with Crippen molar-refractivity contribution in [1.29, 1.82) is 0 Å².